The highest BCUT2D eigenvalue weighted by Crippen LogP contribution is 2.65. The lowest BCUT2D eigenvalue weighted by molar-refractivity contribution is 0.120. The van der Waals surface area contributed by atoms with Crippen LogP contribution in [0.3, 0.4) is 0 Å². The van der Waals surface area contributed by atoms with Crippen LogP contribution in [-0.4, -0.2) is 24.3 Å². The molecular formula is C13H25NO. The van der Waals surface area contributed by atoms with Crippen molar-refractivity contribution in [3.63, 3.8) is 0 Å². The summed E-state index contributed by atoms with van der Waals surface area (Å²) in [5, 5.41) is 12.4. The van der Waals surface area contributed by atoms with Crippen LogP contribution in [0.2, 0.25) is 0 Å². The first kappa shape index (κ1) is 11.4. The predicted octanol–water partition coefficient (Wildman–Crippen LogP) is 2.17. The third-order valence-corrected chi connectivity index (χ3v) is 5.52. The second-order valence-electron chi connectivity index (χ2n) is 6.19. The number of hydrogen-bond donors (Lipinski definition) is 2. The number of aliphatic hydroxyl groups excluding tert-OH is 1. The minimum absolute atomic E-state index is 0.309. The fraction of sp³-hybridized carbons (Fsp3) is 1.00. The summed E-state index contributed by atoms with van der Waals surface area (Å²) in [5.74, 6) is 0.911. The molecule has 3 atom stereocenters. The van der Waals surface area contributed by atoms with Gasteiger partial charge in [-0.25, -0.2) is 0 Å². The van der Waals surface area contributed by atoms with Crippen LogP contribution < -0.4 is 5.32 Å². The maximum Gasteiger partial charge on any atom is 0.0443 e. The summed E-state index contributed by atoms with van der Waals surface area (Å²) in [6, 6.07) is 0.679. The normalized spacial score (nSPS) is 42.4. The standard InChI is InChI=1S/C13H25NO/c1-12(2)10-5-6-13(12,3)11(9-10)14-7-4-8-15/h10-11,14-15H,4-9H2,1-3H3/t10?,11?,13-/m0/s1. The minimum Gasteiger partial charge on any atom is -0.396 e. The molecule has 0 radical (unpaired) electrons. The lowest BCUT2D eigenvalue weighted by atomic mass is 9.69. The van der Waals surface area contributed by atoms with Gasteiger partial charge >= 0.3 is 0 Å². The van der Waals surface area contributed by atoms with Crippen molar-refractivity contribution in [3.05, 3.63) is 0 Å². The Bertz CT molecular complexity index is 239. The molecule has 0 spiro atoms. The quantitative estimate of drug-likeness (QED) is 0.699. The first-order valence-electron chi connectivity index (χ1n) is 6.36. The third-order valence-electron chi connectivity index (χ3n) is 5.52. The van der Waals surface area contributed by atoms with E-state index >= 15 is 0 Å². The second-order valence-corrected chi connectivity index (χ2v) is 6.19. The summed E-state index contributed by atoms with van der Waals surface area (Å²) >= 11 is 0. The van der Waals surface area contributed by atoms with E-state index in [9.17, 15) is 0 Å². The zero-order valence-electron chi connectivity index (χ0n) is 10.3. The van der Waals surface area contributed by atoms with Gasteiger partial charge in [0.15, 0.2) is 0 Å². The van der Waals surface area contributed by atoms with Crippen LogP contribution in [0, 0.1) is 16.7 Å². The van der Waals surface area contributed by atoms with Gasteiger partial charge in [-0.05, 0) is 49.0 Å². The third kappa shape index (κ3) is 1.53. The van der Waals surface area contributed by atoms with Gasteiger partial charge in [-0.15, -0.1) is 0 Å². The zero-order chi connectivity index (χ0) is 11.1. The smallest absolute Gasteiger partial charge is 0.0443 e. The van der Waals surface area contributed by atoms with Crippen molar-refractivity contribution in [1.29, 1.82) is 0 Å². The first-order valence-corrected chi connectivity index (χ1v) is 6.36. The van der Waals surface area contributed by atoms with E-state index in [0.29, 0.717) is 23.5 Å². The van der Waals surface area contributed by atoms with Gasteiger partial charge in [0.2, 0.25) is 0 Å². The van der Waals surface area contributed by atoms with Crippen molar-refractivity contribution in [2.24, 2.45) is 16.7 Å². The number of hydrogen-bond acceptors (Lipinski definition) is 2. The van der Waals surface area contributed by atoms with E-state index < -0.39 is 0 Å². The molecule has 2 aliphatic carbocycles. The molecule has 2 saturated carbocycles. The Balaban J connectivity index is 1.99. The number of aliphatic hydroxyl groups is 1. The molecular weight excluding hydrogens is 186 g/mol. The minimum atomic E-state index is 0.309. The average Bonchev–Trinajstić information content (AvgIpc) is 2.51. The second kappa shape index (κ2) is 3.74. The van der Waals surface area contributed by atoms with Crippen LogP contribution in [0.4, 0.5) is 0 Å². The molecule has 2 aliphatic rings. The number of nitrogens with one attached hydrogen (secondary N) is 1. The fourth-order valence-corrected chi connectivity index (χ4v) is 3.87. The Morgan fingerprint density at radius 2 is 2.07 bits per heavy atom. The Hall–Kier alpha value is -0.0800. The molecule has 2 bridgehead atoms. The molecule has 0 amide bonds. The van der Waals surface area contributed by atoms with Crippen molar-refractivity contribution in [1.82, 2.24) is 5.32 Å². The van der Waals surface area contributed by atoms with E-state index in [1.165, 1.54) is 19.3 Å². The molecule has 0 heterocycles. The summed E-state index contributed by atoms with van der Waals surface area (Å²) in [7, 11) is 0. The lowest BCUT2D eigenvalue weighted by Crippen LogP contribution is -2.44. The van der Waals surface area contributed by atoms with Crippen LogP contribution >= 0.6 is 0 Å². The fourth-order valence-electron chi connectivity index (χ4n) is 3.87. The van der Waals surface area contributed by atoms with E-state index in [0.717, 1.165) is 18.9 Å². The zero-order valence-corrected chi connectivity index (χ0v) is 10.3. The van der Waals surface area contributed by atoms with Crippen LogP contribution in [-0.2, 0) is 0 Å². The first-order chi connectivity index (χ1) is 7.02. The maximum atomic E-state index is 8.80. The highest BCUT2D eigenvalue weighted by Gasteiger charge is 2.60. The van der Waals surface area contributed by atoms with E-state index in [2.05, 4.69) is 26.1 Å². The van der Waals surface area contributed by atoms with Gasteiger partial charge in [0, 0.05) is 12.6 Å². The van der Waals surface area contributed by atoms with E-state index in [1.807, 2.05) is 0 Å². The molecule has 0 aliphatic heterocycles. The highest BCUT2D eigenvalue weighted by molar-refractivity contribution is 5.12. The van der Waals surface area contributed by atoms with E-state index in [1.54, 1.807) is 0 Å². The maximum absolute atomic E-state index is 8.80. The summed E-state index contributed by atoms with van der Waals surface area (Å²) in [6.45, 7) is 8.62. The topological polar surface area (TPSA) is 32.3 Å². The molecule has 0 aromatic carbocycles. The molecule has 0 saturated heterocycles. The van der Waals surface area contributed by atoms with Gasteiger partial charge in [-0.1, -0.05) is 20.8 Å². The average molecular weight is 211 g/mol. The largest absolute Gasteiger partial charge is 0.396 e. The van der Waals surface area contributed by atoms with Gasteiger partial charge < -0.3 is 10.4 Å². The van der Waals surface area contributed by atoms with Gasteiger partial charge in [0.1, 0.15) is 0 Å². The molecule has 0 aromatic rings. The molecule has 2 rings (SSSR count). The van der Waals surface area contributed by atoms with Crippen molar-refractivity contribution in [3.8, 4) is 0 Å². The molecule has 15 heavy (non-hydrogen) atoms. The van der Waals surface area contributed by atoms with Gasteiger partial charge in [0.05, 0.1) is 0 Å². The molecule has 2 unspecified atom stereocenters. The van der Waals surface area contributed by atoms with Gasteiger partial charge in [-0.2, -0.15) is 0 Å². The number of fused-ring (bicyclic) bond motifs is 2. The summed E-state index contributed by atoms with van der Waals surface area (Å²) in [4.78, 5) is 0. The SMILES string of the molecule is CC1(C)C2CC[C@@]1(C)C(NCCCO)C2. The molecule has 2 nitrogen and oxygen atoms in total. The van der Waals surface area contributed by atoms with Crippen molar-refractivity contribution in [2.45, 2.75) is 52.5 Å². The summed E-state index contributed by atoms with van der Waals surface area (Å²) < 4.78 is 0. The Morgan fingerprint density at radius 1 is 1.33 bits per heavy atom. The van der Waals surface area contributed by atoms with E-state index in [4.69, 9.17) is 5.11 Å². The van der Waals surface area contributed by atoms with E-state index in [-0.39, 0.29) is 0 Å². The van der Waals surface area contributed by atoms with Crippen LogP contribution in [0.15, 0.2) is 0 Å². The van der Waals surface area contributed by atoms with Crippen molar-refractivity contribution < 1.29 is 5.11 Å². The van der Waals surface area contributed by atoms with Crippen LogP contribution in [0.5, 0.6) is 0 Å². The van der Waals surface area contributed by atoms with Crippen LogP contribution in [0.1, 0.15) is 46.5 Å². The van der Waals surface area contributed by atoms with Gasteiger partial charge in [-0.3, -0.25) is 0 Å². The molecule has 2 heteroatoms. The Labute approximate surface area is 93.5 Å². The van der Waals surface area contributed by atoms with Gasteiger partial charge in [0.25, 0.3) is 0 Å². The predicted molar refractivity (Wildman–Crippen MR) is 62.7 cm³/mol. The van der Waals surface area contributed by atoms with Crippen molar-refractivity contribution in [2.75, 3.05) is 13.2 Å². The summed E-state index contributed by atoms with van der Waals surface area (Å²) in [5.41, 5.74) is 0.983. The molecule has 0 aromatic heterocycles. The lowest BCUT2D eigenvalue weighted by Gasteiger charge is -2.39. The summed E-state index contributed by atoms with van der Waals surface area (Å²) in [6.07, 6.45) is 5.02. The Morgan fingerprint density at radius 3 is 2.53 bits per heavy atom. The molecule has 2 N–H and O–H groups in total. The Kier molecular flexibility index (Phi) is 2.85. The monoisotopic (exact) mass is 211 g/mol. The molecule has 2 fully saturated rings. The molecule has 88 valence electrons. The van der Waals surface area contributed by atoms with Crippen molar-refractivity contribution >= 4 is 0 Å². The highest BCUT2D eigenvalue weighted by atomic mass is 16.3. The van der Waals surface area contributed by atoms with Crippen LogP contribution in [0.25, 0.3) is 0 Å². The number of rotatable bonds is 4.